The Morgan fingerprint density at radius 2 is 1.94 bits per heavy atom. The minimum absolute atomic E-state index is 0.205. The van der Waals surface area contributed by atoms with Crippen LogP contribution in [0, 0.1) is 0 Å². The quantitative estimate of drug-likeness (QED) is 0.822. The van der Waals surface area contributed by atoms with Gasteiger partial charge in [-0.1, -0.05) is 36.4 Å². The summed E-state index contributed by atoms with van der Waals surface area (Å²) in [5.74, 6) is 0. The fraction of sp³-hybridized carbons (Fsp3) is 0.286. The van der Waals surface area contributed by atoms with Crippen LogP contribution in [0.15, 0.2) is 47.8 Å². The minimum atomic E-state index is 0.205. The zero-order chi connectivity index (χ0) is 11.9. The van der Waals surface area contributed by atoms with Gasteiger partial charge in [-0.05, 0) is 23.4 Å². The van der Waals surface area contributed by atoms with Crippen molar-refractivity contribution in [1.29, 1.82) is 0 Å². The normalized spacial score (nSPS) is 12.5. The molecule has 0 aliphatic heterocycles. The van der Waals surface area contributed by atoms with Gasteiger partial charge in [0.05, 0.1) is 0 Å². The second-order valence-corrected chi connectivity index (χ2v) is 4.97. The van der Waals surface area contributed by atoms with Crippen LogP contribution in [0.4, 0.5) is 0 Å². The Hall–Kier alpha value is -1.16. The van der Waals surface area contributed by atoms with E-state index in [9.17, 15) is 0 Å². The van der Waals surface area contributed by atoms with Crippen LogP contribution in [0.2, 0.25) is 0 Å². The molecule has 2 aromatic rings. The van der Waals surface area contributed by atoms with E-state index in [1.54, 1.807) is 11.3 Å². The molecule has 0 saturated heterocycles. The number of benzene rings is 1. The molecule has 90 valence electrons. The lowest BCUT2D eigenvalue weighted by Gasteiger charge is -2.17. The highest BCUT2D eigenvalue weighted by Gasteiger charge is 2.09. The highest BCUT2D eigenvalue weighted by atomic mass is 32.1. The van der Waals surface area contributed by atoms with E-state index in [1.165, 1.54) is 10.4 Å². The van der Waals surface area contributed by atoms with Crippen LogP contribution in [0.25, 0.3) is 0 Å². The number of hydrogen-bond acceptors (Lipinski definition) is 3. The third-order valence-electron chi connectivity index (χ3n) is 2.72. The van der Waals surface area contributed by atoms with Gasteiger partial charge < -0.3 is 10.4 Å². The van der Waals surface area contributed by atoms with Gasteiger partial charge in [0.1, 0.15) is 0 Å². The highest BCUT2D eigenvalue weighted by molar-refractivity contribution is 7.09. The van der Waals surface area contributed by atoms with E-state index in [0.717, 1.165) is 13.0 Å². The topological polar surface area (TPSA) is 32.3 Å². The molecule has 0 amide bonds. The largest absolute Gasteiger partial charge is 0.396 e. The second-order valence-electron chi connectivity index (χ2n) is 3.94. The maximum absolute atomic E-state index is 9.12. The lowest BCUT2D eigenvalue weighted by atomic mass is 10.0. The van der Waals surface area contributed by atoms with Crippen LogP contribution >= 0.6 is 11.3 Å². The maximum Gasteiger partial charge on any atom is 0.0449 e. The minimum Gasteiger partial charge on any atom is -0.396 e. The van der Waals surface area contributed by atoms with Crippen molar-refractivity contribution in [3.63, 3.8) is 0 Å². The fourth-order valence-electron chi connectivity index (χ4n) is 1.84. The summed E-state index contributed by atoms with van der Waals surface area (Å²) in [4.78, 5) is 1.32. The first-order valence-electron chi connectivity index (χ1n) is 5.81. The third-order valence-corrected chi connectivity index (χ3v) is 3.60. The van der Waals surface area contributed by atoms with E-state index in [4.69, 9.17) is 5.11 Å². The average molecular weight is 247 g/mol. The summed E-state index contributed by atoms with van der Waals surface area (Å²) in [7, 11) is 0. The van der Waals surface area contributed by atoms with Gasteiger partial charge in [-0.25, -0.2) is 0 Å². The Bertz CT molecular complexity index is 413. The van der Waals surface area contributed by atoms with E-state index in [-0.39, 0.29) is 12.6 Å². The van der Waals surface area contributed by atoms with Crippen molar-refractivity contribution in [3.8, 4) is 0 Å². The molecule has 0 fully saturated rings. The molecule has 0 aliphatic rings. The van der Waals surface area contributed by atoms with Crippen molar-refractivity contribution in [2.24, 2.45) is 0 Å². The maximum atomic E-state index is 9.12. The van der Waals surface area contributed by atoms with Crippen molar-refractivity contribution in [2.75, 3.05) is 6.61 Å². The molecule has 1 aromatic carbocycles. The van der Waals surface area contributed by atoms with E-state index >= 15 is 0 Å². The number of thiophene rings is 1. The van der Waals surface area contributed by atoms with E-state index < -0.39 is 0 Å². The zero-order valence-corrected chi connectivity index (χ0v) is 10.5. The van der Waals surface area contributed by atoms with Crippen LogP contribution in [-0.2, 0) is 6.54 Å². The van der Waals surface area contributed by atoms with Crippen LogP contribution in [0.3, 0.4) is 0 Å². The highest BCUT2D eigenvalue weighted by Crippen LogP contribution is 2.17. The number of aliphatic hydroxyl groups excluding tert-OH is 1. The molecule has 17 heavy (non-hydrogen) atoms. The molecule has 3 heteroatoms. The molecule has 1 heterocycles. The molecule has 2 N–H and O–H groups in total. The Morgan fingerprint density at radius 3 is 2.59 bits per heavy atom. The second kappa shape index (κ2) is 6.55. The van der Waals surface area contributed by atoms with Crippen LogP contribution < -0.4 is 5.32 Å². The lowest BCUT2D eigenvalue weighted by molar-refractivity contribution is 0.265. The van der Waals surface area contributed by atoms with E-state index in [1.807, 2.05) is 18.2 Å². The van der Waals surface area contributed by atoms with Crippen molar-refractivity contribution in [3.05, 3.63) is 58.3 Å². The molecule has 0 radical (unpaired) electrons. The van der Waals surface area contributed by atoms with Gasteiger partial charge in [-0.3, -0.25) is 0 Å². The van der Waals surface area contributed by atoms with Crippen LogP contribution in [-0.4, -0.2) is 11.7 Å². The SMILES string of the molecule is OCC[C@@H](NCc1cccs1)c1ccccc1. The fourth-order valence-corrected chi connectivity index (χ4v) is 2.49. The predicted molar refractivity (Wildman–Crippen MR) is 72.0 cm³/mol. The lowest BCUT2D eigenvalue weighted by Crippen LogP contribution is -2.21. The number of hydrogen-bond donors (Lipinski definition) is 2. The van der Waals surface area contributed by atoms with E-state index in [0.29, 0.717) is 0 Å². The van der Waals surface area contributed by atoms with Gasteiger partial charge in [-0.15, -0.1) is 11.3 Å². The van der Waals surface area contributed by atoms with Gasteiger partial charge >= 0.3 is 0 Å². The van der Waals surface area contributed by atoms with Gasteiger partial charge in [0, 0.05) is 24.1 Å². The summed E-state index contributed by atoms with van der Waals surface area (Å²) in [6.45, 7) is 1.06. The van der Waals surface area contributed by atoms with Crippen molar-refractivity contribution in [2.45, 2.75) is 19.0 Å². The molecular weight excluding hydrogens is 230 g/mol. The number of rotatable bonds is 6. The summed E-state index contributed by atoms with van der Waals surface area (Å²) in [5.41, 5.74) is 1.23. The molecule has 1 atom stereocenters. The zero-order valence-electron chi connectivity index (χ0n) is 9.67. The monoisotopic (exact) mass is 247 g/mol. The Balaban J connectivity index is 1.98. The molecule has 2 nitrogen and oxygen atoms in total. The van der Waals surface area contributed by atoms with Crippen LogP contribution in [0.5, 0.6) is 0 Å². The van der Waals surface area contributed by atoms with Gasteiger partial charge in [0.25, 0.3) is 0 Å². The summed E-state index contributed by atoms with van der Waals surface area (Å²) >= 11 is 1.75. The molecule has 0 aliphatic carbocycles. The first-order valence-corrected chi connectivity index (χ1v) is 6.69. The van der Waals surface area contributed by atoms with Crippen LogP contribution in [0.1, 0.15) is 22.9 Å². The first kappa shape index (κ1) is 12.3. The molecule has 0 spiro atoms. The Morgan fingerprint density at radius 1 is 1.12 bits per heavy atom. The summed E-state index contributed by atoms with van der Waals surface area (Å²) < 4.78 is 0. The first-order chi connectivity index (χ1) is 8.40. The van der Waals surface area contributed by atoms with Crippen molar-refractivity contribution in [1.82, 2.24) is 5.32 Å². The average Bonchev–Trinajstić information content (AvgIpc) is 2.88. The van der Waals surface area contributed by atoms with Gasteiger partial charge in [0.15, 0.2) is 0 Å². The summed E-state index contributed by atoms with van der Waals surface area (Å²) in [5, 5.41) is 14.7. The third kappa shape index (κ3) is 3.66. The summed E-state index contributed by atoms with van der Waals surface area (Å²) in [6.07, 6.45) is 0.745. The molecular formula is C14H17NOS. The Labute approximate surface area is 106 Å². The molecule has 2 rings (SSSR count). The molecule has 0 saturated carbocycles. The number of aliphatic hydroxyl groups is 1. The molecule has 0 bridgehead atoms. The standard InChI is InChI=1S/C14H17NOS/c16-9-8-14(12-5-2-1-3-6-12)15-11-13-7-4-10-17-13/h1-7,10,14-16H,8-9,11H2/t14-/m1/s1. The van der Waals surface area contributed by atoms with E-state index in [2.05, 4.69) is 35.0 Å². The molecule has 0 unspecified atom stereocenters. The summed E-state index contributed by atoms with van der Waals surface area (Å²) in [6, 6.07) is 14.7. The predicted octanol–water partition coefficient (Wildman–Crippen LogP) is 2.96. The van der Waals surface area contributed by atoms with Crippen molar-refractivity contribution >= 4 is 11.3 Å². The van der Waals surface area contributed by atoms with Crippen molar-refractivity contribution < 1.29 is 5.11 Å². The Kier molecular flexibility index (Phi) is 4.74. The van der Waals surface area contributed by atoms with Gasteiger partial charge in [0.2, 0.25) is 0 Å². The van der Waals surface area contributed by atoms with Gasteiger partial charge in [-0.2, -0.15) is 0 Å². The number of nitrogens with one attached hydrogen (secondary N) is 1. The smallest absolute Gasteiger partial charge is 0.0449 e. The molecule has 1 aromatic heterocycles.